The monoisotopic (exact) mass is 307 g/mol. The lowest BCUT2D eigenvalue weighted by Crippen LogP contribution is -2.21. The van der Waals surface area contributed by atoms with E-state index in [4.69, 9.17) is 4.74 Å². The molecule has 4 heteroatoms. The first-order chi connectivity index (χ1) is 11.1. The number of esters is 1. The molecule has 0 saturated carbocycles. The zero-order valence-corrected chi connectivity index (χ0v) is 13.1. The van der Waals surface area contributed by atoms with Crippen LogP contribution >= 0.6 is 0 Å². The second-order valence-electron chi connectivity index (χ2n) is 5.32. The summed E-state index contributed by atoms with van der Waals surface area (Å²) in [5, 5.41) is 1.11. The Morgan fingerprint density at radius 2 is 1.83 bits per heavy atom. The first-order valence-electron chi connectivity index (χ1n) is 7.50. The molecule has 1 heterocycles. The van der Waals surface area contributed by atoms with Gasteiger partial charge in [-0.2, -0.15) is 0 Å². The predicted molar refractivity (Wildman–Crippen MR) is 90.2 cm³/mol. The van der Waals surface area contributed by atoms with Crippen LogP contribution in [0.1, 0.15) is 22.8 Å². The van der Waals surface area contributed by atoms with Gasteiger partial charge in [-0.05, 0) is 37.6 Å². The summed E-state index contributed by atoms with van der Waals surface area (Å²) in [6.45, 7) is 4.01. The van der Waals surface area contributed by atoms with Gasteiger partial charge in [0.1, 0.15) is 0 Å². The third kappa shape index (κ3) is 2.75. The Bertz CT molecular complexity index is 941. The van der Waals surface area contributed by atoms with E-state index in [0.717, 1.165) is 11.3 Å². The van der Waals surface area contributed by atoms with Crippen molar-refractivity contribution < 1.29 is 9.53 Å². The Morgan fingerprint density at radius 1 is 1.09 bits per heavy atom. The molecule has 0 radical (unpaired) electrons. The molecule has 23 heavy (non-hydrogen) atoms. The summed E-state index contributed by atoms with van der Waals surface area (Å²) in [4.78, 5) is 25.1. The van der Waals surface area contributed by atoms with Gasteiger partial charge in [0.2, 0.25) is 0 Å². The van der Waals surface area contributed by atoms with E-state index in [1.807, 2.05) is 37.3 Å². The van der Waals surface area contributed by atoms with E-state index in [1.165, 1.54) is 4.57 Å². The largest absolute Gasteiger partial charge is 0.462 e. The summed E-state index contributed by atoms with van der Waals surface area (Å²) in [6, 6.07) is 14.7. The van der Waals surface area contributed by atoms with Crippen molar-refractivity contribution in [3.05, 3.63) is 76.2 Å². The van der Waals surface area contributed by atoms with E-state index in [-0.39, 0.29) is 12.2 Å². The number of pyridine rings is 1. The standard InChI is InChI=1S/C19H17NO3/c1-3-23-19(22)17-12-20(14-8-6-7-13(2)11-14)18(21)16-10-5-4-9-15(16)17/h4-12H,3H2,1-2H3. The lowest BCUT2D eigenvalue weighted by molar-refractivity contribution is 0.0528. The summed E-state index contributed by atoms with van der Waals surface area (Å²) in [5.74, 6) is -0.426. The molecule has 0 spiro atoms. The zero-order chi connectivity index (χ0) is 16.4. The molecule has 0 fully saturated rings. The fourth-order valence-corrected chi connectivity index (χ4v) is 2.63. The molecule has 0 atom stereocenters. The van der Waals surface area contributed by atoms with Gasteiger partial charge >= 0.3 is 5.97 Å². The molecular weight excluding hydrogens is 290 g/mol. The molecule has 2 aromatic carbocycles. The minimum Gasteiger partial charge on any atom is -0.462 e. The molecule has 0 saturated heterocycles. The van der Waals surface area contributed by atoms with Gasteiger partial charge in [-0.15, -0.1) is 0 Å². The maximum atomic E-state index is 12.8. The number of rotatable bonds is 3. The molecule has 0 aliphatic heterocycles. The van der Waals surface area contributed by atoms with Gasteiger partial charge in [-0.3, -0.25) is 9.36 Å². The van der Waals surface area contributed by atoms with E-state index in [0.29, 0.717) is 16.3 Å². The van der Waals surface area contributed by atoms with Gasteiger partial charge in [-0.1, -0.05) is 30.3 Å². The first-order valence-corrected chi connectivity index (χ1v) is 7.50. The molecule has 0 unspecified atom stereocenters. The maximum Gasteiger partial charge on any atom is 0.340 e. The van der Waals surface area contributed by atoms with Gasteiger partial charge in [0.25, 0.3) is 5.56 Å². The number of hydrogen-bond acceptors (Lipinski definition) is 3. The molecule has 0 bridgehead atoms. The number of carbonyl (C=O) groups is 1. The quantitative estimate of drug-likeness (QED) is 0.696. The van der Waals surface area contributed by atoms with E-state index < -0.39 is 5.97 Å². The molecule has 0 amide bonds. The van der Waals surface area contributed by atoms with Crippen LogP contribution in [0.3, 0.4) is 0 Å². The first kappa shape index (κ1) is 15.0. The average molecular weight is 307 g/mol. The Balaban J connectivity index is 2.33. The van der Waals surface area contributed by atoms with Crippen molar-refractivity contribution in [2.75, 3.05) is 6.61 Å². The number of ether oxygens (including phenoxy) is 1. The third-order valence-corrected chi connectivity index (χ3v) is 3.70. The molecule has 0 aliphatic carbocycles. The number of nitrogens with zero attached hydrogens (tertiary/aromatic N) is 1. The number of hydrogen-bond donors (Lipinski definition) is 0. The summed E-state index contributed by atoms with van der Waals surface area (Å²) in [5.41, 5.74) is 2.01. The van der Waals surface area contributed by atoms with Crippen LogP contribution in [-0.2, 0) is 4.74 Å². The van der Waals surface area contributed by atoms with E-state index in [9.17, 15) is 9.59 Å². The molecule has 1 aromatic heterocycles. The Kier molecular flexibility index (Phi) is 3.98. The van der Waals surface area contributed by atoms with Gasteiger partial charge in [0, 0.05) is 22.7 Å². The Morgan fingerprint density at radius 3 is 2.52 bits per heavy atom. The van der Waals surface area contributed by atoms with Crippen molar-refractivity contribution in [1.29, 1.82) is 0 Å². The van der Waals surface area contributed by atoms with Crippen LogP contribution < -0.4 is 5.56 Å². The smallest absolute Gasteiger partial charge is 0.340 e. The van der Waals surface area contributed by atoms with Crippen molar-refractivity contribution in [2.45, 2.75) is 13.8 Å². The van der Waals surface area contributed by atoms with Crippen molar-refractivity contribution >= 4 is 16.7 Å². The minimum absolute atomic E-state index is 0.153. The SMILES string of the molecule is CCOC(=O)c1cn(-c2cccc(C)c2)c(=O)c2ccccc12. The molecule has 116 valence electrons. The number of aromatic nitrogens is 1. The zero-order valence-electron chi connectivity index (χ0n) is 13.1. The number of aryl methyl sites for hydroxylation is 1. The van der Waals surface area contributed by atoms with Crippen molar-refractivity contribution in [3.8, 4) is 5.69 Å². The van der Waals surface area contributed by atoms with Crippen LogP contribution in [0, 0.1) is 6.92 Å². The van der Waals surface area contributed by atoms with Crippen LogP contribution in [0.25, 0.3) is 16.5 Å². The third-order valence-electron chi connectivity index (χ3n) is 3.70. The van der Waals surface area contributed by atoms with Crippen molar-refractivity contribution in [3.63, 3.8) is 0 Å². The molecule has 3 aromatic rings. The molecule has 3 rings (SSSR count). The lowest BCUT2D eigenvalue weighted by Gasteiger charge is -2.12. The summed E-state index contributed by atoms with van der Waals surface area (Å²) >= 11 is 0. The van der Waals surface area contributed by atoms with Gasteiger partial charge < -0.3 is 4.74 Å². The van der Waals surface area contributed by atoms with Crippen molar-refractivity contribution in [1.82, 2.24) is 4.57 Å². The minimum atomic E-state index is -0.426. The second kappa shape index (κ2) is 6.08. The van der Waals surface area contributed by atoms with Gasteiger partial charge in [0.05, 0.1) is 12.2 Å². The fourth-order valence-electron chi connectivity index (χ4n) is 2.63. The highest BCUT2D eigenvalue weighted by atomic mass is 16.5. The molecule has 0 N–H and O–H groups in total. The highest BCUT2D eigenvalue weighted by molar-refractivity contribution is 6.04. The lowest BCUT2D eigenvalue weighted by atomic mass is 10.1. The molecular formula is C19H17NO3. The summed E-state index contributed by atoms with van der Waals surface area (Å²) < 4.78 is 6.64. The summed E-state index contributed by atoms with van der Waals surface area (Å²) in [6.07, 6.45) is 1.57. The second-order valence-corrected chi connectivity index (χ2v) is 5.32. The van der Waals surface area contributed by atoms with Crippen LogP contribution in [0.4, 0.5) is 0 Å². The van der Waals surface area contributed by atoms with Gasteiger partial charge in [-0.25, -0.2) is 4.79 Å². The van der Waals surface area contributed by atoms with Crippen LogP contribution in [0.2, 0.25) is 0 Å². The Hall–Kier alpha value is -2.88. The molecule has 4 nitrogen and oxygen atoms in total. The maximum absolute atomic E-state index is 12.8. The Labute approximate surface area is 133 Å². The topological polar surface area (TPSA) is 48.3 Å². The average Bonchev–Trinajstić information content (AvgIpc) is 2.55. The van der Waals surface area contributed by atoms with Crippen LogP contribution in [0.5, 0.6) is 0 Å². The number of carbonyl (C=O) groups excluding carboxylic acids is 1. The van der Waals surface area contributed by atoms with Crippen LogP contribution in [0.15, 0.2) is 59.5 Å². The van der Waals surface area contributed by atoms with Crippen molar-refractivity contribution in [2.24, 2.45) is 0 Å². The van der Waals surface area contributed by atoms with E-state index >= 15 is 0 Å². The van der Waals surface area contributed by atoms with E-state index in [1.54, 1.807) is 31.3 Å². The van der Waals surface area contributed by atoms with Crippen LogP contribution in [-0.4, -0.2) is 17.1 Å². The van der Waals surface area contributed by atoms with Gasteiger partial charge in [0.15, 0.2) is 0 Å². The predicted octanol–water partition coefficient (Wildman–Crippen LogP) is 3.48. The van der Waals surface area contributed by atoms with E-state index in [2.05, 4.69) is 0 Å². The summed E-state index contributed by atoms with van der Waals surface area (Å²) in [7, 11) is 0. The number of fused-ring (bicyclic) bond motifs is 1. The fraction of sp³-hybridized carbons (Fsp3) is 0.158. The molecule has 0 aliphatic rings. The normalized spacial score (nSPS) is 10.7. The number of benzene rings is 2. The highest BCUT2D eigenvalue weighted by Crippen LogP contribution is 2.19. The highest BCUT2D eigenvalue weighted by Gasteiger charge is 2.16.